The Kier molecular flexibility index (Phi) is 5.09. The van der Waals surface area contributed by atoms with Gasteiger partial charge in [0, 0.05) is 13.2 Å². The van der Waals surface area contributed by atoms with Gasteiger partial charge in [-0.2, -0.15) is 0 Å². The highest BCUT2D eigenvalue weighted by Crippen LogP contribution is 2.18. The summed E-state index contributed by atoms with van der Waals surface area (Å²) >= 11 is 0. The standard InChI is InChI=1S/C11H21NO/c1-13-9-11(12)10-7-5-3-2-4-6-8-10/h7,11H,2-6,8-9,12H2,1H3. The van der Waals surface area contributed by atoms with Gasteiger partial charge in [0.2, 0.25) is 0 Å². The average molecular weight is 183 g/mol. The van der Waals surface area contributed by atoms with Gasteiger partial charge in [0.1, 0.15) is 0 Å². The number of allylic oxidation sites excluding steroid dienone is 1. The summed E-state index contributed by atoms with van der Waals surface area (Å²) in [5.74, 6) is 0. The van der Waals surface area contributed by atoms with Crippen LogP contribution in [0.5, 0.6) is 0 Å². The summed E-state index contributed by atoms with van der Waals surface area (Å²) in [4.78, 5) is 0. The zero-order valence-electron chi connectivity index (χ0n) is 8.59. The molecule has 0 fully saturated rings. The summed E-state index contributed by atoms with van der Waals surface area (Å²) in [7, 11) is 1.71. The molecular formula is C11H21NO. The fourth-order valence-corrected chi connectivity index (χ4v) is 1.84. The first-order valence-corrected chi connectivity index (χ1v) is 5.28. The van der Waals surface area contributed by atoms with Gasteiger partial charge in [-0.05, 0) is 25.7 Å². The second kappa shape index (κ2) is 6.17. The Balaban J connectivity index is 2.43. The first kappa shape index (κ1) is 10.7. The fraction of sp³-hybridized carbons (Fsp3) is 0.818. The van der Waals surface area contributed by atoms with Gasteiger partial charge in [0.15, 0.2) is 0 Å². The molecule has 2 N–H and O–H groups in total. The van der Waals surface area contributed by atoms with Crippen LogP contribution in [0.15, 0.2) is 11.6 Å². The summed E-state index contributed by atoms with van der Waals surface area (Å²) in [6.45, 7) is 0.659. The van der Waals surface area contributed by atoms with Gasteiger partial charge in [-0.15, -0.1) is 0 Å². The van der Waals surface area contributed by atoms with E-state index in [0.717, 1.165) is 0 Å². The molecule has 0 aromatic heterocycles. The van der Waals surface area contributed by atoms with Crippen molar-refractivity contribution in [2.75, 3.05) is 13.7 Å². The summed E-state index contributed by atoms with van der Waals surface area (Å²) in [6, 6.07) is 0.128. The molecule has 76 valence electrons. The van der Waals surface area contributed by atoms with Crippen LogP contribution in [-0.4, -0.2) is 19.8 Å². The van der Waals surface area contributed by atoms with Crippen LogP contribution in [-0.2, 0) is 4.74 Å². The summed E-state index contributed by atoms with van der Waals surface area (Å²) in [5.41, 5.74) is 7.39. The maximum Gasteiger partial charge on any atom is 0.0652 e. The quantitative estimate of drug-likeness (QED) is 0.681. The molecule has 0 aromatic carbocycles. The molecule has 0 saturated carbocycles. The van der Waals surface area contributed by atoms with Gasteiger partial charge < -0.3 is 10.5 Å². The molecule has 0 aromatic rings. The minimum Gasteiger partial charge on any atom is -0.383 e. The van der Waals surface area contributed by atoms with Gasteiger partial charge in [0.05, 0.1) is 6.61 Å². The lowest BCUT2D eigenvalue weighted by Crippen LogP contribution is -2.28. The van der Waals surface area contributed by atoms with Crippen molar-refractivity contribution in [3.05, 3.63) is 11.6 Å². The second-order valence-corrected chi connectivity index (χ2v) is 3.79. The van der Waals surface area contributed by atoms with E-state index in [1.54, 1.807) is 7.11 Å². The Bertz CT molecular complexity index is 165. The Morgan fingerprint density at radius 3 is 2.92 bits per heavy atom. The van der Waals surface area contributed by atoms with Crippen molar-refractivity contribution < 1.29 is 4.74 Å². The average Bonchev–Trinajstić information content (AvgIpc) is 2.03. The smallest absolute Gasteiger partial charge is 0.0652 e. The zero-order valence-corrected chi connectivity index (χ0v) is 8.59. The highest BCUT2D eigenvalue weighted by atomic mass is 16.5. The van der Waals surface area contributed by atoms with E-state index in [-0.39, 0.29) is 6.04 Å². The zero-order chi connectivity index (χ0) is 9.52. The van der Waals surface area contributed by atoms with Crippen LogP contribution >= 0.6 is 0 Å². The molecule has 1 aliphatic rings. The molecule has 0 aliphatic heterocycles. The molecule has 1 aliphatic carbocycles. The molecule has 2 heteroatoms. The Labute approximate surface area is 81.1 Å². The highest BCUT2D eigenvalue weighted by molar-refractivity contribution is 5.10. The largest absolute Gasteiger partial charge is 0.383 e. The summed E-state index contributed by atoms with van der Waals surface area (Å²) in [5, 5.41) is 0. The molecule has 0 heterocycles. The lowest BCUT2D eigenvalue weighted by molar-refractivity contribution is 0.188. The molecule has 2 nitrogen and oxygen atoms in total. The van der Waals surface area contributed by atoms with E-state index in [1.807, 2.05) is 0 Å². The van der Waals surface area contributed by atoms with E-state index in [4.69, 9.17) is 10.5 Å². The maximum atomic E-state index is 5.99. The molecule has 0 amide bonds. The van der Waals surface area contributed by atoms with Gasteiger partial charge in [-0.1, -0.05) is 24.5 Å². The van der Waals surface area contributed by atoms with Crippen LogP contribution < -0.4 is 5.73 Å². The van der Waals surface area contributed by atoms with E-state index in [1.165, 1.54) is 44.1 Å². The lowest BCUT2D eigenvalue weighted by atomic mass is 9.96. The second-order valence-electron chi connectivity index (χ2n) is 3.79. The Morgan fingerprint density at radius 2 is 2.15 bits per heavy atom. The molecular weight excluding hydrogens is 162 g/mol. The third kappa shape index (κ3) is 3.92. The number of hydrogen-bond acceptors (Lipinski definition) is 2. The number of methoxy groups -OCH3 is 1. The Hall–Kier alpha value is -0.340. The normalized spacial score (nSPS) is 21.5. The van der Waals surface area contributed by atoms with E-state index >= 15 is 0 Å². The SMILES string of the molecule is COCC(N)C1=CCCCCCC1. The van der Waals surface area contributed by atoms with Gasteiger partial charge in [-0.3, -0.25) is 0 Å². The molecule has 0 spiro atoms. The van der Waals surface area contributed by atoms with E-state index in [2.05, 4.69) is 6.08 Å². The maximum absolute atomic E-state index is 5.99. The third-order valence-corrected chi connectivity index (χ3v) is 2.65. The number of ether oxygens (including phenoxy) is 1. The minimum absolute atomic E-state index is 0.128. The highest BCUT2D eigenvalue weighted by Gasteiger charge is 2.09. The minimum atomic E-state index is 0.128. The van der Waals surface area contributed by atoms with Gasteiger partial charge in [-0.25, -0.2) is 0 Å². The molecule has 1 atom stereocenters. The molecule has 13 heavy (non-hydrogen) atoms. The molecule has 1 unspecified atom stereocenters. The lowest BCUT2D eigenvalue weighted by Gasteiger charge is -2.17. The molecule has 1 rings (SSSR count). The van der Waals surface area contributed by atoms with Crippen LogP contribution in [0, 0.1) is 0 Å². The van der Waals surface area contributed by atoms with Gasteiger partial charge in [0.25, 0.3) is 0 Å². The van der Waals surface area contributed by atoms with Crippen LogP contribution in [0.2, 0.25) is 0 Å². The van der Waals surface area contributed by atoms with E-state index in [0.29, 0.717) is 6.61 Å². The predicted octanol–water partition coefficient (Wildman–Crippen LogP) is 2.24. The molecule has 0 saturated heterocycles. The first-order valence-electron chi connectivity index (χ1n) is 5.28. The van der Waals surface area contributed by atoms with Crippen molar-refractivity contribution in [1.29, 1.82) is 0 Å². The van der Waals surface area contributed by atoms with Gasteiger partial charge >= 0.3 is 0 Å². The summed E-state index contributed by atoms with van der Waals surface area (Å²) in [6.07, 6.45) is 10.0. The number of nitrogens with two attached hydrogens (primary N) is 1. The predicted molar refractivity (Wildman–Crippen MR) is 55.6 cm³/mol. The van der Waals surface area contributed by atoms with Crippen LogP contribution in [0.3, 0.4) is 0 Å². The van der Waals surface area contributed by atoms with Crippen molar-refractivity contribution in [1.82, 2.24) is 0 Å². The monoisotopic (exact) mass is 183 g/mol. The molecule has 0 radical (unpaired) electrons. The van der Waals surface area contributed by atoms with Crippen LogP contribution in [0.4, 0.5) is 0 Å². The van der Waals surface area contributed by atoms with Crippen molar-refractivity contribution in [3.63, 3.8) is 0 Å². The number of rotatable bonds is 3. The van der Waals surface area contributed by atoms with Crippen molar-refractivity contribution in [3.8, 4) is 0 Å². The summed E-state index contributed by atoms with van der Waals surface area (Å²) < 4.78 is 5.06. The van der Waals surface area contributed by atoms with Crippen LogP contribution in [0.25, 0.3) is 0 Å². The number of hydrogen-bond donors (Lipinski definition) is 1. The van der Waals surface area contributed by atoms with Crippen molar-refractivity contribution in [2.45, 2.75) is 44.6 Å². The van der Waals surface area contributed by atoms with Crippen molar-refractivity contribution >= 4 is 0 Å². The molecule has 0 bridgehead atoms. The van der Waals surface area contributed by atoms with Crippen molar-refractivity contribution in [2.24, 2.45) is 5.73 Å². The first-order chi connectivity index (χ1) is 6.34. The van der Waals surface area contributed by atoms with E-state index in [9.17, 15) is 0 Å². The van der Waals surface area contributed by atoms with Crippen LogP contribution in [0.1, 0.15) is 38.5 Å². The van der Waals surface area contributed by atoms with E-state index < -0.39 is 0 Å². The fourth-order valence-electron chi connectivity index (χ4n) is 1.84. The topological polar surface area (TPSA) is 35.2 Å². The Morgan fingerprint density at radius 1 is 1.38 bits per heavy atom. The third-order valence-electron chi connectivity index (χ3n) is 2.65.